The maximum atomic E-state index is 10.5. The minimum atomic E-state index is 0.0878. The summed E-state index contributed by atoms with van der Waals surface area (Å²) in [4.78, 5) is 10.5. The highest BCUT2D eigenvalue weighted by Gasteiger charge is 1.95. The van der Waals surface area contributed by atoms with E-state index in [2.05, 4.69) is 19.2 Å². The van der Waals surface area contributed by atoms with E-state index in [1.54, 1.807) is 6.92 Å². The molecule has 0 bridgehead atoms. The van der Waals surface area contributed by atoms with Gasteiger partial charge < -0.3 is 5.32 Å². The van der Waals surface area contributed by atoms with E-state index in [4.69, 9.17) is 0 Å². The number of nitrogens with one attached hydrogen (secondary N) is 1. The molecule has 0 rings (SSSR count). The average molecular weight is 199 g/mol. The minimum Gasteiger partial charge on any atom is -0.356 e. The summed E-state index contributed by atoms with van der Waals surface area (Å²) in [6.45, 7) is 6.97. The quantitative estimate of drug-likeness (QED) is 0.598. The molecule has 0 radical (unpaired) electrons. The van der Waals surface area contributed by atoms with Crippen LogP contribution in [0.2, 0.25) is 0 Å². The number of unbranched alkanes of at least 4 members (excludes halogenated alkanes) is 4. The van der Waals surface area contributed by atoms with E-state index in [0.29, 0.717) is 0 Å². The third-order valence-corrected chi connectivity index (χ3v) is 2.33. The van der Waals surface area contributed by atoms with Crippen LogP contribution in [0.25, 0.3) is 0 Å². The van der Waals surface area contributed by atoms with Gasteiger partial charge in [-0.25, -0.2) is 0 Å². The molecule has 0 spiro atoms. The van der Waals surface area contributed by atoms with Crippen LogP contribution < -0.4 is 5.32 Å². The van der Waals surface area contributed by atoms with E-state index in [1.165, 1.54) is 32.1 Å². The van der Waals surface area contributed by atoms with Gasteiger partial charge in [-0.05, 0) is 12.3 Å². The molecule has 0 fully saturated rings. The Kier molecular flexibility index (Phi) is 8.70. The lowest BCUT2D eigenvalue weighted by atomic mass is 10.0. The van der Waals surface area contributed by atoms with Gasteiger partial charge in [-0.15, -0.1) is 0 Å². The summed E-state index contributed by atoms with van der Waals surface area (Å²) in [6.07, 6.45) is 7.74. The number of carbonyl (C=O) groups excluding carboxylic acids is 1. The first kappa shape index (κ1) is 13.5. The molecule has 0 heterocycles. The van der Waals surface area contributed by atoms with Gasteiger partial charge in [-0.3, -0.25) is 4.79 Å². The Balaban J connectivity index is 2.96. The lowest BCUT2D eigenvalue weighted by molar-refractivity contribution is -0.118. The zero-order valence-corrected chi connectivity index (χ0v) is 9.94. The molecule has 0 atom stereocenters. The predicted octanol–water partition coefficient (Wildman–Crippen LogP) is 3.12. The zero-order valence-electron chi connectivity index (χ0n) is 9.94. The first-order valence-corrected chi connectivity index (χ1v) is 5.87. The van der Waals surface area contributed by atoms with Crippen LogP contribution in [0.4, 0.5) is 0 Å². The van der Waals surface area contributed by atoms with Crippen LogP contribution in [0.1, 0.15) is 59.3 Å². The van der Waals surface area contributed by atoms with Gasteiger partial charge >= 0.3 is 0 Å². The smallest absolute Gasteiger partial charge is 0.216 e. The molecule has 0 saturated carbocycles. The second-order valence-electron chi connectivity index (χ2n) is 4.43. The van der Waals surface area contributed by atoms with Crippen molar-refractivity contribution in [3.8, 4) is 0 Å². The van der Waals surface area contributed by atoms with Gasteiger partial charge in [0.15, 0.2) is 0 Å². The molecular weight excluding hydrogens is 174 g/mol. The third kappa shape index (κ3) is 11.5. The zero-order chi connectivity index (χ0) is 10.8. The number of amides is 1. The Morgan fingerprint density at radius 2 is 1.64 bits per heavy atom. The standard InChI is InChI=1S/C12H25NO/c1-11(2)9-7-5-4-6-8-10-13-12(3)14/h11H,4-10H2,1-3H3,(H,13,14). The van der Waals surface area contributed by atoms with Crippen LogP contribution in [-0.2, 0) is 4.79 Å². The van der Waals surface area contributed by atoms with Crippen molar-refractivity contribution in [1.29, 1.82) is 0 Å². The molecule has 1 N–H and O–H groups in total. The second kappa shape index (κ2) is 9.04. The molecule has 0 saturated heterocycles. The molecule has 2 heteroatoms. The minimum absolute atomic E-state index is 0.0878. The fraction of sp³-hybridized carbons (Fsp3) is 0.917. The van der Waals surface area contributed by atoms with E-state index in [0.717, 1.165) is 18.9 Å². The van der Waals surface area contributed by atoms with Gasteiger partial charge in [0, 0.05) is 13.5 Å². The maximum Gasteiger partial charge on any atom is 0.216 e. The Hall–Kier alpha value is -0.530. The molecule has 1 amide bonds. The van der Waals surface area contributed by atoms with Crippen molar-refractivity contribution in [3.05, 3.63) is 0 Å². The SMILES string of the molecule is CC(=O)NCCCCCCCC(C)C. The monoisotopic (exact) mass is 199 g/mol. The normalized spacial score (nSPS) is 10.6. The van der Waals surface area contributed by atoms with Gasteiger partial charge in [0.05, 0.1) is 0 Å². The van der Waals surface area contributed by atoms with E-state index in [9.17, 15) is 4.79 Å². The Morgan fingerprint density at radius 3 is 2.21 bits per heavy atom. The molecule has 0 aliphatic carbocycles. The Bertz CT molecular complexity index is 143. The fourth-order valence-electron chi connectivity index (χ4n) is 1.47. The first-order valence-electron chi connectivity index (χ1n) is 5.87. The Labute approximate surface area is 88.5 Å². The van der Waals surface area contributed by atoms with Gasteiger partial charge in [0.2, 0.25) is 5.91 Å². The number of rotatable bonds is 8. The van der Waals surface area contributed by atoms with Gasteiger partial charge in [0.1, 0.15) is 0 Å². The third-order valence-electron chi connectivity index (χ3n) is 2.33. The molecule has 2 nitrogen and oxygen atoms in total. The molecule has 0 aromatic rings. The highest BCUT2D eigenvalue weighted by Crippen LogP contribution is 2.09. The van der Waals surface area contributed by atoms with Gasteiger partial charge in [0.25, 0.3) is 0 Å². The molecule has 0 aromatic carbocycles. The van der Waals surface area contributed by atoms with Crippen molar-refractivity contribution in [3.63, 3.8) is 0 Å². The predicted molar refractivity (Wildman–Crippen MR) is 61.2 cm³/mol. The van der Waals surface area contributed by atoms with Crippen molar-refractivity contribution in [2.24, 2.45) is 5.92 Å². The Morgan fingerprint density at radius 1 is 1.07 bits per heavy atom. The van der Waals surface area contributed by atoms with Crippen molar-refractivity contribution in [1.82, 2.24) is 5.32 Å². The molecule has 0 aromatic heterocycles. The van der Waals surface area contributed by atoms with Gasteiger partial charge in [-0.1, -0.05) is 46.0 Å². The van der Waals surface area contributed by atoms with Crippen LogP contribution >= 0.6 is 0 Å². The van der Waals surface area contributed by atoms with Crippen molar-refractivity contribution in [2.75, 3.05) is 6.54 Å². The molecule has 0 aliphatic rings. The maximum absolute atomic E-state index is 10.5. The van der Waals surface area contributed by atoms with Crippen molar-refractivity contribution >= 4 is 5.91 Å². The molecule has 14 heavy (non-hydrogen) atoms. The van der Waals surface area contributed by atoms with E-state index in [-0.39, 0.29) is 5.91 Å². The number of carbonyl (C=O) groups is 1. The summed E-state index contributed by atoms with van der Waals surface area (Å²) in [5, 5.41) is 2.82. The van der Waals surface area contributed by atoms with E-state index in [1.807, 2.05) is 0 Å². The van der Waals surface area contributed by atoms with Crippen molar-refractivity contribution < 1.29 is 4.79 Å². The largest absolute Gasteiger partial charge is 0.356 e. The highest BCUT2D eigenvalue weighted by molar-refractivity contribution is 5.72. The van der Waals surface area contributed by atoms with Crippen LogP contribution in [0.5, 0.6) is 0 Å². The summed E-state index contributed by atoms with van der Waals surface area (Å²) >= 11 is 0. The summed E-state index contributed by atoms with van der Waals surface area (Å²) in [5.74, 6) is 0.930. The van der Waals surface area contributed by atoms with Gasteiger partial charge in [-0.2, -0.15) is 0 Å². The average Bonchev–Trinajstić information content (AvgIpc) is 2.08. The number of hydrogen-bond acceptors (Lipinski definition) is 1. The summed E-state index contributed by atoms with van der Waals surface area (Å²) in [7, 11) is 0. The fourth-order valence-corrected chi connectivity index (χ4v) is 1.47. The second-order valence-corrected chi connectivity index (χ2v) is 4.43. The van der Waals surface area contributed by atoms with Crippen LogP contribution in [-0.4, -0.2) is 12.5 Å². The lowest BCUT2D eigenvalue weighted by Gasteiger charge is -2.04. The lowest BCUT2D eigenvalue weighted by Crippen LogP contribution is -2.20. The van der Waals surface area contributed by atoms with Crippen LogP contribution in [0.3, 0.4) is 0 Å². The van der Waals surface area contributed by atoms with Crippen molar-refractivity contribution in [2.45, 2.75) is 59.3 Å². The topological polar surface area (TPSA) is 29.1 Å². The summed E-state index contributed by atoms with van der Waals surface area (Å²) < 4.78 is 0. The number of hydrogen-bond donors (Lipinski definition) is 1. The first-order chi connectivity index (χ1) is 6.63. The van der Waals surface area contributed by atoms with E-state index >= 15 is 0 Å². The summed E-state index contributed by atoms with van der Waals surface area (Å²) in [5.41, 5.74) is 0. The van der Waals surface area contributed by atoms with E-state index < -0.39 is 0 Å². The molecule has 0 aliphatic heterocycles. The summed E-state index contributed by atoms with van der Waals surface area (Å²) in [6, 6.07) is 0. The molecular formula is C12H25NO. The van der Waals surface area contributed by atoms with Crippen LogP contribution in [0, 0.1) is 5.92 Å². The highest BCUT2D eigenvalue weighted by atomic mass is 16.1. The van der Waals surface area contributed by atoms with Crippen LogP contribution in [0.15, 0.2) is 0 Å². The molecule has 0 unspecified atom stereocenters. The molecule has 84 valence electrons.